The van der Waals surface area contributed by atoms with Crippen LogP contribution in [0.25, 0.3) is 16.5 Å². The van der Waals surface area contributed by atoms with Gasteiger partial charge in [-0.1, -0.05) is 32.0 Å². The van der Waals surface area contributed by atoms with E-state index in [9.17, 15) is 13.2 Å². The standard InChI is InChI=1S/C34H36F4N4O/c1-20(2)19-43-31-8-6-7-21(3)32(31)23(5)41-30-12-14-42(33-28(35)16-26(17-40-33)34(36,37)38)18-27(30)22(4)24-9-10-29-25(15-24)11-13-39-29/h6-11,13,15-17,20,23,39H,12,14,18-19H2,1-5H3/b27-22+,41-30?/t23-/m0/s1. The number of piperidine rings is 1. The fraction of sp³-hybridized carbons (Fsp3) is 0.353. The lowest BCUT2D eigenvalue weighted by atomic mass is 9.92. The van der Waals surface area contributed by atoms with E-state index in [1.165, 1.54) is 0 Å². The number of ether oxygens (including phenoxy) is 1. The van der Waals surface area contributed by atoms with Gasteiger partial charge in [0.1, 0.15) is 5.75 Å². The highest BCUT2D eigenvalue weighted by atomic mass is 19.4. The van der Waals surface area contributed by atoms with Crippen LogP contribution < -0.4 is 9.64 Å². The number of aliphatic imine (C=N–C) groups is 1. The van der Waals surface area contributed by atoms with Crippen LogP contribution in [0.4, 0.5) is 23.4 Å². The number of pyridine rings is 1. The Morgan fingerprint density at radius 1 is 1.12 bits per heavy atom. The number of alkyl halides is 3. The number of anilines is 1. The maximum absolute atomic E-state index is 15.0. The topological polar surface area (TPSA) is 53.5 Å². The molecule has 0 unspecified atom stereocenters. The first-order valence-corrected chi connectivity index (χ1v) is 14.5. The third-order valence-corrected chi connectivity index (χ3v) is 7.83. The van der Waals surface area contributed by atoms with Crippen molar-refractivity contribution in [2.45, 2.75) is 53.3 Å². The Bertz CT molecular complexity index is 1690. The van der Waals surface area contributed by atoms with Crippen molar-refractivity contribution in [3.63, 3.8) is 0 Å². The van der Waals surface area contributed by atoms with Gasteiger partial charge in [0.05, 0.1) is 18.2 Å². The zero-order chi connectivity index (χ0) is 30.9. The van der Waals surface area contributed by atoms with Crippen molar-refractivity contribution in [2.24, 2.45) is 10.9 Å². The lowest BCUT2D eigenvalue weighted by molar-refractivity contribution is -0.138. The first kappa shape index (κ1) is 30.3. The first-order chi connectivity index (χ1) is 20.4. The van der Waals surface area contributed by atoms with Crippen LogP contribution in [0.3, 0.4) is 0 Å². The van der Waals surface area contributed by atoms with Crippen molar-refractivity contribution in [3.8, 4) is 5.75 Å². The van der Waals surface area contributed by atoms with E-state index in [1.54, 1.807) is 4.90 Å². The van der Waals surface area contributed by atoms with Gasteiger partial charge >= 0.3 is 6.18 Å². The summed E-state index contributed by atoms with van der Waals surface area (Å²) in [6.07, 6.45) is -1.62. The molecule has 1 aliphatic heterocycles. The summed E-state index contributed by atoms with van der Waals surface area (Å²) in [4.78, 5) is 14.0. The molecule has 1 aliphatic rings. The Balaban J connectivity index is 1.56. The monoisotopic (exact) mass is 592 g/mol. The predicted octanol–water partition coefficient (Wildman–Crippen LogP) is 8.95. The first-order valence-electron chi connectivity index (χ1n) is 14.5. The highest BCUT2D eigenvalue weighted by Gasteiger charge is 2.33. The Morgan fingerprint density at radius 2 is 1.91 bits per heavy atom. The second-order valence-corrected chi connectivity index (χ2v) is 11.5. The van der Waals surface area contributed by atoms with Crippen LogP contribution in [-0.2, 0) is 6.18 Å². The number of nitrogens with one attached hydrogen (secondary N) is 1. The molecule has 5 nitrogen and oxygen atoms in total. The number of H-pyrrole nitrogens is 1. The molecule has 0 amide bonds. The molecule has 1 fully saturated rings. The number of benzene rings is 2. The average Bonchev–Trinajstić information content (AvgIpc) is 3.43. The number of halogens is 4. The fourth-order valence-corrected chi connectivity index (χ4v) is 5.56. The molecule has 9 heteroatoms. The summed E-state index contributed by atoms with van der Waals surface area (Å²) in [6, 6.07) is 14.4. The summed E-state index contributed by atoms with van der Waals surface area (Å²) in [7, 11) is 0. The minimum Gasteiger partial charge on any atom is -0.493 e. The van der Waals surface area contributed by atoms with E-state index in [0.29, 0.717) is 37.8 Å². The number of aryl methyl sites for hydroxylation is 1. The van der Waals surface area contributed by atoms with E-state index in [0.717, 1.165) is 50.2 Å². The Kier molecular flexibility index (Phi) is 8.62. The number of allylic oxidation sites excluding steroid dienone is 1. The summed E-state index contributed by atoms with van der Waals surface area (Å²) in [5.74, 6) is 0.0724. The van der Waals surface area contributed by atoms with Gasteiger partial charge in [0.2, 0.25) is 0 Å². The smallest absolute Gasteiger partial charge is 0.417 e. The molecule has 226 valence electrons. The van der Waals surface area contributed by atoms with Gasteiger partial charge in [-0.2, -0.15) is 13.2 Å². The zero-order valence-electron chi connectivity index (χ0n) is 25.0. The van der Waals surface area contributed by atoms with E-state index >= 15 is 4.39 Å². The van der Waals surface area contributed by atoms with Crippen molar-refractivity contribution in [1.29, 1.82) is 0 Å². The molecule has 4 aromatic rings. The SMILES string of the molecule is C/C(=C1/CN(c2ncc(C(F)(F)F)cc2F)CCC1=N[C@@H](C)c1c(C)cccc1OCC(C)C)c1ccc2[nH]ccc2c1. The summed E-state index contributed by atoms with van der Waals surface area (Å²) in [5, 5.41) is 1.05. The molecule has 43 heavy (non-hydrogen) atoms. The maximum atomic E-state index is 15.0. The molecule has 0 saturated carbocycles. The van der Waals surface area contributed by atoms with E-state index in [-0.39, 0.29) is 18.4 Å². The summed E-state index contributed by atoms with van der Waals surface area (Å²) in [6.45, 7) is 11.5. The third-order valence-electron chi connectivity index (χ3n) is 7.83. The van der Waals surface area contributed by atoms with Gasteiger partial charge < -0.3 is 14.6 Å². The van der Waals surface area contributed by atoms with Crippen LogP contribution in [0.1, 0.15) is 62.4 Å². The Hall–Kier alpha value is -4.14. The summed E-state index contributed by atoms with van der Waals surface area (Å²) < 4.78 is 60.8. The van der Waals surface area contributed by atoms with E-state index < -0.39 is 17.6 Å². The molecular weight excluding hydrogens is 556 g/mol. The highest BCUT2D eigenvalue weighted by molar-refractivity contribution is 6.08. The number of nitrogens with zero attached hydrogens (tertiary/aromatic N) is 3. The largest absolute Gasteiger partial charge is 0.493 e. The normalized spacial score (nSPS) is 17.2. The van der Waals surface area contributed by atoms with E-state index in [4.69, 9.17) is 9.73 Å². The van der Waals surface area contributed by atoms with Crippen molar-refractivity contribution in [3.05, 3.63) is 94.6 Å². The lowest BCUT2D eigenvalue weighted by Gasteiger charge is -2.33. The number of fused-ring (bicyclic) bond motifs is 1. The highest BCUT2D eigenvalue weighted by Crippen LogP contribution is 2.36. The van der Waals surface area contributed by atoms with Crippen molar-refractivity contribution < 1.29 is 22.3 Å². The van der Waals surface area contributed by atoms with Crippen molar-refractivity contribution >= 4 is 28.0 Å². The van der Waals surface area contributed by atoms with Crippen LogP contribution in [0.5, 0.6) is 5.75 Å². The second-order valence-electron chi connectivity index (χ2n) is 11.5. The van der Waals surface area contributed by atoms with Gasteiger partial charge in [-0.3, -0.25) is 4.99 Å². The number of rotatable bonds is 7. The molecule has 0 aliphatic carbocycles. The van der Waals surface area contributed by atoms with Gasteiger partial charge in [0.25, 0.3) is 0 Å². The minimum absolute atomic E-state index is 0.102. The maximum Gasteiger partial charge on any atom is 0.417 e. The molecular formula is C34H36F4N4O. The van der Waals surface area contributed by atoms with Crippen LogP contribution in [0, 0.1) is 18.7 Å². The van der Waals surface area contributed by atoms with E-state index in [2.05, 4.69) is 29.9 Å². The molecule has 2 aromatic heterocycles. The van der Waals surface area contributed by atoms with E-state index in [1.807, 2.05) is 63.4 Å². The molecule has 2 aromatic carbocycles. The second kappa shape index (κ2) is 12.2. The minimum atomic E-state index is -4.67. The number of aromatic amines is 1. The quantitative estimate of drug-likeness (QED) is 0.218. The fourth-order valence-electron chi connectivity index (χ4n) is 5.56. The number of hydrogen-bond donors (Lipinski definition) is 1. The van der Waals surface area contributed by atoms with Crippen molar-refractivity contribution in [1.82, 2.24) is 9.97 Å². The third kappa shape index (κ3) is 6.60. The van der Waals surface area contributed by atoms with Gasteiger partial charge in [0.15, 0.2) is 11.6 Å². The molecule has 0 bridgehead atoms. The van der Waals surface area contributed by atoms with Gasteiger partial charge in [0, 0.05) is 48.7 Å². The van der Waals surface area contributed by atoms with Crippen molar-refractivity contribution in [2.75, 3.05) is 24.6 Å². The molecule has 5 rings (SSSR count). The molecule has 1 atom stereocenters. The van der Waals surface area contributed by atoms with Crippen LogP contribution in [-0.4, -0.2) is 35.4 Å². The van der Waals surface area contributed by atoms with Crippen LogP contribution in [0.15, 0.2) is 71.5 Å². The average molecular weight is 593 g/mol. The predicted molar refractivity (Wildman–Crippen MR) is 164 cm³/mol. The van der Waals surface area contributed by atoms with Crippen LogP contribution in [0.2, 0.25) is 0 Å². The lowest BCUT2D eigenvalue weighted by Crippen LogP contribution is -2.37. The van der Waals surface area contributed by atoms with Gasteiger partial charge in [-0.25, -0.2) is 9.37 Å². The molecule has 0 radical (unpaired) electrons. The summed E-state index contributed by atoms with van der Waals surface area (Å²) in [5.41, 5.74) is 5.72. The summed E-state index contributed by atoms with van der Waals surface area (Å²) >= 11 is 0. The number of hydrogen-bond acceptors (Lipinski definition) is 4. The number of aromatic nitrogens is 2. The molecule has 3 heterocycles. The molecule has 1 saturated heterocycles. The Morgan fingerprint density at radius 3 is 2.63 bits per heavy atom. The Labute approximate surface area is 249 Å². The van der Waals surface area contributed by atoms with Gasteiger partial charge in [-0.05, 0) is 84.7 Å². The zero-order valence-corrected chi connectivity index (χ0v) is 25.0. The molecule has 0 spiro atoms. The van der Waals surface area contributed by atoms with Gasteiger partial charge in [-0.15, -0.1) is 0 Å². The molecule has 1 N–H and O–H groups in total. The van der Waals surface area contributed by atoms with Crippen LogP contribution >= 0.6 is 0 Å².